The number of hydrogen-bond acceptors (Lipinski definition) is 18. The first-order valence-corrected chi connectivity index (χ1v) is 26.0. The van der Waals surface area contributed by atoms with E-state index in [1.54, 1.807) is 11.8 Å². The second-order valence-electron chi connectivity index (χ2n) is 15.6. The predicted molar refractivity (Wildman–Crippen MR) is 236 cm³/mol. The lowest BCUT2D eigenvalue weighted by Gasteiger charge is -2.30. The van der Waals surface area contributed by atoms with Crippen molar-refractivity contribution in [2.75, 3.05) is 50.1 Å². The summed E-state index contributed by atoms with van der Waals surface area (Å²) < 4.78 is 62.4. The van der Waals surface area contributed by atoms with Crippen LogP contribution in [0.2, 0.25) is 0 Å². The summed E-state index contributed by atoms with van der Waals surface area (Å²) in [6, 6.07) is 8.00. The molecule has 0 radical (unpaired) electrons. The van der Waals surface area contributed by atoms with Crippen LogP contribution < -0.4 is 21.7 Å². The van der Waals surface area contributed by atoms with Crippen LogP contribution in [0.3, 0.4) is 0 Å². The molecule has 0 spiro atoms. The minimum Gasteiger partial charge on any atom is -0.386 e. The number of imidazole rings is 1. The van der Waals surface area contributed by atoms with Crippen LogP contribution in [-0.2, 0) is 57.1 Å². The van der Waals surface area contributed by atoms with Crippen molar-refractivity contribution in [2.24, 2.45) is 5.41 Å². The molecule has 1 fully saturated rings. The lowest BCUT2D eigenvalue weighted by molar-refractivity contribution is -0.137. The predicted octanol–water partition coefficient (Wildman–Crippen LogP) is 1.15. The fourth-order valence-corrected chi connectivity index (χ4v) is 10.2. The van der Waals surface area contributed by atoms with Crippen LogP contribution in [0.15, 0.2) is 43.1 Å². The van der Waals surface area contributed by atoms with Crippen LogP contribution in [0.1, 0.15) is 51.3 Å². The number of carbonyl (C=O) groups excluding carboxylic acids is 3. The van der Waals surface area contributed by atoms with Crippen LogP contribution in [0.25, 0.3) is 22.1 Å². The number of fused-ring (bicyclic) bond motifs is 2. The van der Waals surface area contributed by atoms with Crippen LogP contribution in [0.5, 0.6) is 0 Å². The fraction of sp³-hybridized carbons (Fsp3) is 0.556. The summed E-state index contributed by atoms with van der Waals surface area (Å²) in [6.07, 6.45) is -2.17. The first-order valence-electron chi connectivity index (χ1n) is 20.3. The molecule has 1 saturated heterocycles. The average Bonchev–Trinajstić information content (AvgIpc) is 3.95. The summed E-state index contributed by atoms with van der Waals surface area (Å²) in [5.74, 6) is 0.0769. The quantitative estimate of drug-likeness (QED) is 0.0295. The second-order valence-corrected chi connectivity index (χ2v) is 21.1. The summed E-state index contributed by atoms with van der Waals surface area (Å²) in [5.41, 5.74) is 6.50. The smallest absolute Gasteiger partial charge is 0.386 e. The number of phosphoric acid groups is 3. The van der Waals surface area contributed by atoms with E-state index in [1.807, 2.05) is 30.5 Å². The van der Waals surface area contributed by atoms with Crippen LogP contribution in [0.4, 0.5) is 5.82 Å². The Morgan fingerprint density at radius 3 is 2.42 bits per heavy atom. The topological polar surface area (TPSA) is 391 Å². The third kappa shape index (κ3) is 15.6. The molecule has 66 heavy (non-hydrogen) atoms. The summed E-state index contributed by atoms with van der Waals surface area (Å²) in [6.45, 7) is 1.29. The average molecular weight is 1010 g/mol. The Bertz CT molecular complexity index is 2440. The zero-order valence-corrected chi connectivity index (χ0v) is 39.2. The van der Waals surface area contributed by atoms with Crippen molar-refractivity contribution < 1.29 is 80.5 Å². The van der Waals surface area contributed by atoms with Crippen molar-refractivity contribution in [3.05, 3.63) is 48.7 Å². The highest BCUT2D eigenvalue weighted by atomic mass is 32.2. The number of unbranched alkanes of at least 4 members (excludes halogenated alkanes) is 1. The molecule has 1 aliphatic heterocycles. The number of thioether (sulfide) groups is 1. The van der Waals surface area contributed by atoms with Crippen LogP contribution >= 0.6 is 35.2 Å². The standard InChI is InChI=1S/C36H54N9O17P3S/c1-36(2,31(49)34(50)40-13-11-27(47)39-14-16-66-15-6-5-9-26(46)38-12-10-22-17-41-24-8-4-3-7-23(22)24)19-59-65(56,57)62-64(54,55)58-18-25-30(61-63(51,52)53)29(48)35(60-25)45-21-44-28-32(37)42-20-43-33(28)45/h3-4,7-8,17,20-21,25,29-31,35,41,48-49H,5-6,9-16,18-19H2,1-2H3,(H,38,46)(H,39,47)(H,40,50)(H,54,55)(H,56,57)(H2,37,42,43)(H2,51,52,53)/t25-,29-,30-,31+,35-/m1/s1. The Labute approximate surface area is 381 Å². The molecule has 4 heterocycles. The fourth-order valence-electron chi connectivity index (χ4n) is 6.56. The van der Waals surface area contributed by atoms with Gasteiger partial charge in [-0.1, -0.05) is 32.0 Å². The Morgan fingerprint density at radius 1 is 0.955 bits per heavy atom. The maximum Gasteiger partial charge on any atom is 0.481 e. The number of aliphatic hydroxyl groups excluding tert-OH is 2. The zero-order valence-electron chi connectivity index (χ0n) is 35.7. The molecule has 366 valence electrons. The van der Waals surface area contributed by atoms with Gasteiger partial charge in [-0.2, -0.15) is 16.1 Å². The molecule has 5 rings (SSSR count). The summed E-state index contributed by atoms with van der Waals surface area (Å²) in [5, 5.41) is 30.8. The molecule has 0 saturated carbocycles. The van der Waals surface area contributed by atoms with E-state index in [0.717, 1.165) is 58.7 Å². The minimum absolute atomic E-state index is 0.00104. The van der Waals surface area contributed by atoms with Crippen molar-refractivity contribution in [1.82, 2.24) is 40.5 Å². The monoisotopic (exact) mass is 1010 g/mol. The third-order valence-electron chi connectivity index (χ3n) is 9.98. The van der Waals surface area contributed by atoms with E-state index >= 15 is 0 Å². The molecule has 7 atom stereocenters. The lowest BCUT2D eigenvalue weighted by atomic mass is 9.87. The van der Waals surface area contributed by atoms with Crippen molar-refractivity contribution in [3.8, 4) is 0 Å². The van der Waals surface area contributed by atoms with Crippen molar-refractivity contribution in [1.29, 1.82) is 0 Å². The van der Waals surface area contributed by atoms with Crippen LogP contribution in [0, 0.1) is 5.41 Å². The van der Waals surface area contributed by atoms with Crippen molar-refractivity contribution >= 4 is 80.8 Å². The molecule has 1 aliphatic rings. The van der Waals surface area contributed by atoms with E-state index in [2.05, 4.69) is 44.7 Å². The number of nitrogen functional groups attached to an aromatic ring is 1. The van der Waals surface area contributed by atoms with Gasteiger partial charge in [0.15, 0.2) is 17.7 Å². The molecule has 3 amide bonds. The van der Waals surface area contributed by atoms with Gasteiger partial charge in [0.05, 0.1) is 19.5 Å². The number of ether oxygens (including phenoxy) is 1. The Morgan fingerprint density at radius 2 is 1.67 bits per heavy atom. The molecule has 3 aromatic heterocycles. The number of anilines is 1. The number of carbonyl (C=O) groups is 3. The number of nitrogens with zero attached hydrogens (tertiary/aromatic N) is 4. The molecule has 12 N–H and O–H groups in total. The summed E-state index contributed by atoms with van der Waals surface area (Å²) in [7, 11) is -16.4. The number of rotatable bonds is 27. The second kappa shape index (κ2) is 23.4. The highest BCUT2D eigenvalue weighted by molar-refractivity contribution is 7.99. The largest absolute Gasteiger partial charge is 0.481 e. The highest BCUT2D eigenvalue weighted by Crippen LogP contribution is 2.61. The number of para-hydroxylation sites is 1. The van der Waals surface area contributed by atoms with Gasteiger partial charge < -0.3 is 61.2 Å². The SMILES string of the molecule is CC(C)(COP(=O)(O)OP(=O)(O)OC[C@H]1O[C@@H](n2cnc3c(N)ncnc32)[C@H](O)[C@@H]1OP(=O)(O)O)[C@@H](O)C(=O)NCCC(=O)NCCSCCCCC(=O)NCCc1c[nH]c2ccccc12. The number of benzene rings is 1. The Hall–Kier alpha value is -3.88. The molecular weight excluding hydrogens is 955 g/mol. The molecule has 26 nitrogen and oxygen atoms in total. The first kappa shape index (κ1) is 53.1. The number of amides is 3. The number of nitrogens with two attached hydrogens (primary N) is 1. The van der Waals surface area contributed by atoms with Crippen molar-refractivity contribution in [2.45, 2.75) is 76.6 Å². The van der Waals surface area contributed by atoms with Gasteiger partial charge in [-0.3, -0.25) is 32.5 Å². The number of H-pyrrole nitrogens is 1. The molecule has 0 bridgehead atoms. The first-order chi connectivity index (χ1) is 31.1. The molecule has 0 aliphatic carbocycles. The van der Waals surface area contributed by atoms with E-state index < -0.39 is 78.6 Å². The highest BCUT2D eigenvalue weighted by Gasteiger charge is 2.50. The van der Waals surface area contributed by atoms with E-state index in [4.69, 9.17) is 19.5 Å². The number of aromatic nitrogens is 5. The van der Waals surface area contributed by atoms with E-state index in [1.165, 1.54) is 13.8 Å². The van der Waals surface area contributed by atoms with E-state index in [-0.39, 0.29) is 41.8 Å². The molecule has 30 heteroatoms. The minimum atomic E-state index is -5.57. The van der Waals surface area contributed by atoms with Gasteiger partial charge >= 0.3 is 23.5 Å². The Balaban J connectivity index is 0.945. The number of aromatic amines is 1. The van der Waals surface area contributed by atoms with E-state index in [9.17, 15) is 57.9 Å². The molecule has 2 unspecified atom stereocenters. The maximum atomic E-state index is 12.7. The summed E-state index contributed by atoms with van der Waals surface area (Å²) >= 11 is 1.62. The van der Waals surface area contributed by atoms with Gasteiger partial charge in [0.2, 0.25) is 17.7 Å². The van der Waals surface area contributed by atoms with Crippen molar-refractivity contribution in [3.63, 3.8) is 0 Å². The summed E-state index contributed by atoms with van der Waals surface area (Å²) in [4.78, 5) is 91.6. The van der Waals surface area contributed by atoms with Gasteiger partial charge in [-0.15, -0.1) is 0 Å². The number of nitrogens with one attached hydrogen (secondary N) is 4. The van der Waals surface area contributed by atoms with Crippen LogP contribution in [-0.4, -0.2) is 141 Å². The molecule has 4 aromatic rings. The van der Waals surface area contributed by atoms with Gasteiger partial charge in [0.25, 0.3) is 0 Å². The molecule has 1 aromatic carbocycles. The van der Waals surface area contributed by atoms with Gasteiger partial charge in [0.1, 0.15) is 36.3 Å². The maximum absolute atomic E-state index is 12.7. The Kier molecular flexibility index (Phi) is 18.8. The van der Waals surface area contributed by atoms with Gasteiger partial charge in [0, 0.05) is 60.7 Å². The third-order valence-corrected chi connectivity index (χ3v) is 14.1. The lowest BCUT2D eigenvalue weighted by Crippen LogP contribution is -2.46. The van der Waals surface area contributed by atoms with Gasteiger partial charge in [-0.25, -0.2) is 28.6 Å². The zero-order chi connectivity index (χ0) is 48.3. The number of phosphoric ester groups is 3. The number of aliphatic hydroxyl groups is 2. The molecular formula is C36H54N9O17P3S. The number of hydrogen-bond donors (Lipinski definition) is 11. The normalized spacial score (nSPS) is 20.2. The van der Waals surface area contributed by atoms with E-state index in [0.29, 0.717) is 25.3 Å². The van der Waals surface area contributed by atoms with Gasteiger partial charge in [-0.05, 0) is 36.6 Å².